The van der Waals surface area contributed by atoms with Crippen molar-refractivity contribution in [2.24, 2.45) is 0 Å². The van der Waals surface area contributed by atoms with E-state index in [4.69, 9.17) is 11.6 Å². The molecule has 7 nitrogen and oxygen atoms in total. The highest BCUT2D eigenvalue weighted by Crippen LogP contribution is 2.50. The zero-order valence-corrected chi connectivity index (χ0v) is 17.6. The maximum Gasteiger partial charge on any atom is 0.330 e. The van der Waals surface area contributed by atoms with Crippen molar-refractivity contribution >= 4 is 28.2 Å². The molecule has 1 aliphatic rings. The Kier molecular flexibility index (Phi) is 4.47. The minimum Gasteiger partial charge on any atom is -0.513 e. The third kappa shape index (κ3) is 2.60. The van der Waals surface area contributed by atoms with Crippen LogP contribution in [0.15, 0.2) is 42.7 Å². The van der Waals surface area contributed by atoms with Gasteiger partial charge in [0.1, 0.15) is 0 Å². The molecule has 0 bridgehead atoms. The van der Waals surface area contributed by atoms with Gasteiger partial charge >= 0.3 is 11.8 Å². The molecule has 0 unspecified atom stereocenters. The highest BCUT2D eigenvalue weighted by Gasteiger charge is 2.58. The molecule has 0 atom stereocenters. The van der Waals surface area contributed by atoms with Crippen LogP contribution < -0.4 is 4.90 Å². The minimum atomic E-state index is -2.99. The summed E-state index contributed by atoms with van der Waals surface area (Å²) in [6.07, 6.45) is 0.137. The lowest BCUT2D eigenvalue weighted by atomic mass is 9.88. The fraction of sp³-hybridized carbons (Fsp3) is 0.273. The first-order valence-electron chi connectivity index (χ1n) is 9.33. The normalized spacial score (nSPS) is 16.9. The van der Waals surface area contributed by atoms with E-state index >= 15 is 0 Å². The second-order valence-electron chi connectivity index (χ2n) is 7.79. The Morgan fingerprint density at radius 3 is 2.23 bits per heavy atom. The van der Waals surface area contributed by atoms with Gasteiger partial charge in [0.15, 0.2) is 0 Å². The van der Waals surface area contributed by atoms with E-state index in [9.17, 15) is 25.5 Å². The van der Waals surface area contributed by atoms with Crippen molar-refractivity contribution in [2.75, 3.05) is 11.9 Å². The third-order valence-corrected chi connectivity index (χ3v) is 6.12. The maximum absolute atomic E-state index is 10.7. The summed E-state index contributed by atoms with van der Waals surface area (Å²) in [5.74, 6) is -6.03. The second kappa shape index (κ2) is 6.47. The third-order valence-electron chi connectivity index (χ3n) is 5.87. The van der Waals surface area contributed by atoms with Crippen molar-refractivity contribution < 1.29 is 25.5 Å². The van der Waals surface area contributed by atoms with E-state index in [0.29, 0.717) is 32.9 Å². The standard InChI is InChI=1S/C22H23ClN2O5/c1-11-9-17-18(14-5-7-15(23)8-6-14)16(10-12(2)26)13(3)19-20(17)25(11)22(29,30)21(27,28)24(19)4/h5-9,26-30H,2,10H2,1,3-4H3. The molecule has 0 spiro atoms. The van der Waals surface area contributed by atoms with Crippen molar-refractivity contribution in [3.63, 3.8) is 0 Å². The van der Waals surface area contributed by atoms with Crippen LogP contribution in [0.4, 0.5) is 5.69 Å². The van der Waals surface area contributed by atoms with E-state index in [-0.39, 0.29) is 12.2 Å². The maximum atomic E-state index is 10.7. The smallest absolute Gasteiger partial charge is 0.330 e. The molecule has 0 saturated heterocycles. The van der Waals surface area contributed by atoms with Gasteiger partial charge in [0.25, 0.3) is 0 Å². The molecule has 1 aliphatic heterocycles. The van der Waals surface area contributed by atoms with Crippen LogP contribution in [0.2, 0.25) is 5.02 Å². The summed E-state index contributed by atoms with van der Waals surface area (Å²) in [6, 6.07) is 8.94. The molecule has 0 amide bonds. The summed E-state index contributed by atoms with van der Waals surface area (Å²) >= 11 is 6.06. The molecule has 8 heteroatoms. The Balaban J connectivity index is 2.22. The van der Waals surface area contributed by atoms with Crippen LogP contribution >= 0.6 is 11.6 Å². The van der Waals surface area contributed by atoms with E-state index in [1.165, 1.54) is 7.05 Å². The molecule has 30 heavy (non-hydrogen) atoms. The van der Waals surface area contributed by atoms with Crippen molar-refractivity contribution in [1.82, 2.24) is 4.57 Å². The fourth-order valence-electron chi connectivity index (χ4n) is 4.45. The number of anilines is 1. The first-order valence-corrected chi connectivity index (χ1v) is 9.71. The van der Waals surface area contributed by atoms with Crippen LogP contribution in [0.1, 0.15) is 16.8 Å². The van der Waals surface area contributed by atoms with Gasteiger partial charge in [-0.15, -0.1) is 0 Å². The molecule has 0 saturated carbocycles. The summed E-state index contributed by atoms with van der Waals surface area (Å²) in [6.45, 7) is 7.06. The van der Waals surface area contributed by atoms with Gasteiger partial charge in [-0.25, -0.2) is 0 Å². The van der Waals surface area contributed by atoms with E-state index in [0.717, 1.165) is 26.2 Å². The minimum absolute atomic E-state index is 0.0487. The van der Waals surface area contributed by atoms with Gasteiger partial charge in [0.05, 0.1) is 17.0 Å². The summed E-state index contributed by atoms with van der Waals surface area (Å²) < 4.78 is 1.11. The number of aromatic nitrogens is 1. The predicted octanol–water partition coefficient (Wildman–Crippen LogP) is 2.88. The van der Waals surface area contributed by atoms with Gasteiger partial charge < -0.3 is 30.4 Å². The number of halogens is 1. The lowest BCUT2D eigenvalue weighted by Crippen LogP contribution is -2.67. The van der Waals surface area contributed by atoms with Crippen LogP contribution in [-0.2, 0) is 12.3 Å². The molecule has 0 aliphatic carbocycles. The number of hydrogen-bond donors (Lipinski definition) is 5. The average Bonchev–Trinajstić information content (AvgIpc) is 2.98. The fourth-order valence-corrected chi connectivity index (χ4v) is 4.57. The van der Waals surface area contributed by atoms with E-state index in [2.05, 4.69) is 6.58 Å². The monoisotopic (exact) mass is 430 g/mol. The number of nitrogens with zero attached hydrogens (tertiary/aromatic N) is 2. The average molecular weight is 431 g/mol. The largest absolute Gasteiger partial charge is 0.513 e. The number of likely N-dealkylation sites (N-methyl/N-ethyl adjacent to an activating group) is 1. The Labute approximate surface area is 178 Å². The number of aliphatic hydroxyl groups is 5. The van der Waals surface area contributed by atoms with Crippen molar-refractivity contribution in [1.29, 1.82) is 0 Å². The van der Waals surface area contributed by atoms with Crippen molar-refractivity contribution in [2.45, 2.75) is 32.1 Å². The van der Waals surface area contributed by atoms with E-state index in [1.54, 1.807) is 32.0 Å². The summed E-state index contributed by atoms with van der Waals surface area (Å²) in [5.41, 5.74) is 4.24. The molecule has 0 radical (unpaired) electrons. The molecule has 158 valence electrons. The molecular formula is C22H23ClN2O5. The highest BCUT2D eigenvalue weighted by molar-refractivity contribution is 6.30. The number of hydrogen-bond acceptors (Lipinski definition) is 6. The summed E-state index contributed by atoms with van der Waals surface area (Å²) in [5, 5.41) is 53.9. The van der Waals surface area contributed by atoms with Crippen molar-refractivity contribution in [3.8, 4) is 11.1 Å². The van der Waals surface area contributed by atoms with E-state index < -0.39 is 11.8 Å². The first-order chi connectivity index (χ1) is 13.9. The van der Waals surface area contributed by atoms with Gasteiger partial charge in [-0.05, 0) is 54.3 Å². The van der Waals surface area contributed by atoms with Crippen LogP contribution in [0.5, 0.6) is 0 Å². The Bertz CT molecular complexity index is 1190. The van der Waals surface area contributed by atoms with Crippen LogP contribution in [0.3, 0.4) is 0 Å². The molecule has 2 aromatic carbocycles. The molecule has 4 rings (SSSR count). The zero-order valence-electron chi connectivity index (χ0n) is 16.8. The summed E-state index contributed by atoms with van der Waals surface area (Å²) in [7, 11) is 1.37. The highest BCUT2D eigenvalue weighted by atomic mass is 35.5. The number of allylic oxidation sites excluding steroid dienone is 1. The SMILES string of the molecule is C=C(O)Cc1c(C)c2c3c(cc(C)n3C(O)(O)C(O)(O)N2C)c1-c1ccc(Cl)cc1. The molecule has 2 heterocycles. The van der Waals surface area contributed by atoms with Crippen molar-refractivity contribution in [3.05, 3.63) is 64.5 Å². The lowest BCUT2D eigenvalue weighted by molar-refractivity contribution is -0.400. The molecule has 0 fully saturated rings. The van der Waals surface area contributed by atoms with Crippen LogP contribution in [0.25, 0.3) is 22.0 Å². The van der Waals surface area contributed by atoms with Gasteiger partial charge in [-0.3, -0.25) is 4.57 Å². The zero-order chi connectivity index (χ0) is 22.2. The van der Waals surface area contributed by atoms with E-state index in [1.807, 2.05) is 12.1 Å². The van der Waals surface area contributed by atoms with Crippen LogP contribution in [-0.4, -0.2) is 43.1 Å². The topological polar surface area (TPSA) is 109 Å². The number of aliphatic hydroxyl groups excluding tert-OH is 1. The van der Waals surface area contributed by atoms with Gasteiger partial charge in [-0.2, -0.15) is 0 Å². The van der Waals surface area contributed by atoms with Crippen LogP contribution in [0, 0.1) is 13.8 Å². The molecule has 1 aromatic heterocycles. The number of aryl methyl sites for hydroxylation is 1. The Morgan fingerprint density at radius 2 is 1.67 bits per heavy atom. The quantitative estimate of drug-likeness (QED) is 0.323. The molecular weight excluding hydrogens is 408 g/mol. The summed E-state index contributed by atoms with van der Waals surface area (Å²) in [4.78, 5) is 1.03. The lowest BCUT2D eigenvalue weighted by Gasteiger charge is -2.47. The molecule has 3 aromatic rings. The Morgan fingerprint density at radius 1 is 1.07 bits per heavy atom. The Hall–Kier alpha value is -2.55. The number of benzene rings is 2. The predicted molar refractivity (Wildman–Crippen MR) is 115 cm³/mol. The first kappa shape index (κ1) is 20.7. The van der Waals surface area contributed by atoms with Gasteiger partial charge in [0, 0.05) is 29.6 Å². The second-order valence-corrected chi connectivity index (χ2v) is 8.23. The number of rotatable bonds is 3. The van der Waals surface area contributed by atoms with Gasteiger partial charge in [-0.1, -0.05) is 30.3 Å². The molecule has 5 N–H and O–H groups in total. The van der Waals surface area contributed by atoms with Gasteiger partial charge in [0.2, 0.25) is 0 Å².